The summed E-state index contributed by atoms with van der Waals surface area (Å²) in [7, 11) is -3.91. The molecular weight excluding hydrogens is 296 g/mol. The van der Waals surface area contributed by atoms with Crippen LogP contribution in [-0.2, 0) is 10.0 Å². The second-order valence-corrected chi connectivity index (χ2v) is 5.41. The lowest BCUT2D eigenvalue weighted by molar-refractivity contribution is 0.598. The fourth-order valence-electron chi connectivity index (χ4n) is 1.40. The van der Waals surface area contributed by atoms with Crippen LogP contribution in [0.5, 0.6) is 0 Å². The average molecular weight is 308 g/mol. The molecule has 1 aromatic heterocycles. The zero-order valence-corrected chi connectivity index (χ0v) is 11.4. The van der Waals surface area contributed by atoms with Crippen LogP contribution in [-0.4, -0.2) is 29.3 Å². The summed E-state index contributed by atoms with van der Waals surface area (Å²) >= 11 is 0. The lowest BCUT2D eigenvalue weighted by atomic mass is 10.3. The average Bonchev–Trinajstić information content (AvgIpc) is 2.38. The molecule has 0 aliphatic rings. The molecule has 0 aliphatic heterocycles. The highest BCUT2D eigenvalue weighted by Crippen LogP contribution is 2.18. The summed E-state index contributed by atoms with van der Waals surface area (Å²) < 4.78 is 26.7. The second-order valence-electron chi connectivity index (χ2n) is 3.81. The van der Waals surface area contributed by atoms with Gasteiger partial charge in [-0.05, 0) is 24.3 Å². The molecule has 10 nitrogen and oxygen atoms in total. The van der Waals surface area contributed by atoms with Gasteiger partial charge in [0.05, 0.1) is 4.90 Å². The third kappa shape index (κ3) is 3.76. The van der Waals surface area contributed by atoms with Crippen LogP contribution in [0, 0.1) is 0 Å². The fraction of sp³-hybridized carbons (Fsp3) is 0. The Morgan fingerprint density at radius 3 is 2.38 bits per heavy atom. The quantitative estimate of drug-likeness (QED) is 0.414. The molecule has 0 bridgehead atoms. The van der Waals surface area contributed by atoms with E-state index in [1.165, 1.54) is 30.6 Å². The number of nitrogen functional groups attached to an aromatic ring is 1. The molecule has 0 aliphatic carbocycles. The van der Waals surface area contributed by atoms with Gasteiger partial charge in [0.1, 0.15) is 6.33 Å². The minimum absolute atomic E-state index is 0.0448. The van der Waals surface area contributed by atoms with Crippen LogP contribution < -0.4 is 22.5 Å². The number of benzene rings is 1. The SMILES string of the molecule is NC(N)=NS(=O)(=O)c1ccc(Nc2ncnc(N)n2)cc1. The first-order valence-electron chi connectivity index (χ1n) is 5.54. The number of sulfonamides is 1. The largest absolute Gasteiger partial charge is 0.369 e. The van der Waals surface area contributed by atoms with Crippen molar-refractivity contribution in [2.75, 3.05) is 11.1 Å². The monoisotopic (exact) mass is 308 g/mol. The lowest BCUT2D eigenvalue weighted by Crippen LogP contribution is -2.24. The van der Waals surface area contributed by atoms with Crippen molar-refractivity contribution >= 4 is 33.6 Å². The highest BCUT2D eigenvalue weighted by molar-refractivity contribution is 7.90. The van der Waals surface area contributed by atoms with Crippen molar-refractivity contribution in [2.24, 2.45) is 15.9 Å². The second kappa shape index (κ2) is 5.58. The van der Waals surface area contributed by atoms with Crippen molar-refractivity contribution in [1.82, 2.24) is 15.0 Å². The summed E-state index contributed by atoms with van der Waals surface area (Å²) in [6, 6.07) is 5.70. The standard InChI is InChI=1S/C10H12N8O2S/c11-8(12)18-21(19,20)7-3-1-6(2-4-7)16-10-15-5-14-9(13)17-10/h1-5H,(H4,11,12,18)(H3,13,14,15,16,17). The summed E-state index contributed by atoms with van der Waals surface area (Å²) in [4.78, 5) is 11.3. The molecule has 1 aromatic carbocycles. The van der Waals surface area contributed by atoms with Crippen LogP contribution in [0.2, 0.25) is 0 Å². The van der Waals surface area contributed by atoms with Crippen molar-refractivity contribution in [3.05, 3.63) is 30.6 Å². The van der Waals surface area contributed by atoms with E-state index < -0.39 is 16.0 Å². The minimum atomic E-state index is -3.91. The molecule has 0 saturated heterocycles. The molecule has 21 heavy (non-hydrogen) atoms. The minimum Gasteiger partial charge on any atom is -0.369 e. The molecule has 11 heteroatoms. The van der Waals surface area contributed by atoms with E-state index in [1.54, 1.807) is 0 Å². The topological polar surface area (TPSA) is 175 Å². The van der Waals surface area contributed by atoms with Gasteiger partial charge in [0.2, 0.25) is 17.9 Å². The third-order valence-corrected chi connectivity index (χ3v) is 3.54. The maximum Gasteiger partial charge on any atom is 0.285 e. The molecule has 0 spiro atoms. The van der Waals surface area contributed by atoms with E-state index in [1.807, 2.05) is 0 Å². The zero-order chi connectivity index (χ0) is 15.5. The van der Waals surface area contributed by atoms with Gasteiger partial charge >= 0.3 is 0 Å². The summed E-state index contributed by atoms with van der Waals surface area (Å²) in [6.45, 7) is 0. The Labute approximate surface area is 120 Å². The summed E-state index contributed by atoms with van der Waals surface area (Å²) in [5.41, 5.74) is 16.1. The first-order valence-corrected chi connectivity index (χ1v) is 6.98. The van der Waals surface area contributed by atoms with Gasteiger partial charge in [-0.25, -0.2) is 9.97 Å². The number of anilines is 3. The zero-order valence-electron chi connectivity index (χ0n) is 10.6. The molecule has 0 radical (unpaired) electrons. The number of nitrogens with zero attached hydrogens (tertiary/aromatic N) is 4. The van der Waals surface area contributed by atoms with Crippen molar-refractivity contribution in [3.8, 4) is 0 Å². The summed E-state index contributed by atoms with van der Waals surface area (Å²) in [5, 5.41) is 2.84. The molecule has 0 saturated carbocycles. The molecule has 0 unspecified atom stereocenters. The molecule has 0 fully saturated rings. The van der Waals surface area contributed by atoms with E-state index >= 15 is 0 Å². The van der Waals surface area contributed by atoms with E-state index in [0.29, 0.717) is 5.69 Å². The van der Waals surface area contributed by atoms with E-state index in [2.05, 4.69) is 24.7 Å². The number of hydrogen-bond acceptors (Lipinski definition) is 7. The van der Waals surface area contributed by atoms with E-state index in [0.717, 1.165) is 0 Å². The van der Waals surface area contributed by atoms with E-state index in [9.17, 15) is 8.42 Å². The van der Waals surface area contributed by atoms with Crippen LogP contribution in [0.4, 0.5) is 17.6 Å². The number of guanidine groups is 1. The van der Waals surface area contributed by atoms with Gasteiger partial charge in [-0.15, -0.1) is 4.40 Å². The number of nitrogens with one attached hydrogen (secondary N) is 1. The van der Waals surface area contributed by atoms with Crippen molar-refractivity contribution < 1.29 is 8.42 Å². The van der Waals surface area contributed by atoms with Crippen LogP contribution in [0.25, 0.3) is 0 Å². The Bertz CT molecular complexity index is 768. The summed E-state index contributed by atoms with van der Waals surface area (Å²) in [5.74, 6) is -0.223. The van der Waals surface area contributed by atoms with Gasteiger partial charge < -0.3 is 22.5 Å². The molecular formula is C10H12N8O2S. The maximum absolute atomic E-state index is 11.7. The number of nitrogens with two attached hydrogens (primary N) is 3. The predicted octanol–water partition coefficient (Wildman–Crippen LogP) is -0.840. The molecule has 110 valence electrons. The van der Waals surface area contributed by atoms with Crippen molar-refractivity contribution in [3.63, 3.8) is 0 Å². The molecule has 2 aromatic rings. The first-order chi connectivity index (χ1) is 9.87. The van der Waals surface area contributed by atoms with Gasteiger partial charge in [-0.3, -0.25) is 0 Å². The summed E-state index contributed by atoms with van der Waals surface area (Å²) in [6.07, 6.45) is 1.25. The van der Waals surface area contributed by atoms with Gasteiger partial charge in [-0.1, -0.05) is 0 Å². The van der Waals surface area contributed by atoms with Gasteiger partial charge in [-0.2, -0.15) is 13.4 Å². The van der Waals surface area contributed by atoms with Crippen molar-refractivity contribution in [1.29, 1.82) is 0 Å². The van der Waals surface area contributed by atoms with E-state index in [-0.39, 0.29) is 16.8 Å². The van der Waals surface area contributed by atoms with Crippen LogP contribution in [0.3, 0.4) is 0 Å². The Morgan fingerprint density at radius 2 is 1.81 bits per heavy atom. The number of aromatic nitrogens is 3. The number of rotatable bonds is 4. The Hall–Kier alpha value is -2.95. The lowest BCUT2D eigenvalue weighted by Gasteiger charge is -2.05. The maximum atomic E-state index is 11.7. The molecule has 1 heterocycles. The van der Waals surface area contributed by atoms with E-state index in [4.69, 9.17) is 17.2 Å². The van der Waals surface area contributed by atoms with Gasteiger partial charge in [0.25, 0.3) is 10.0 Å². The molecule has 2 rings (SSSR count). The highest BCUT2D eigenvalue weighted by atomic mass is 32.2. The molecule has 0 amide bonds. The highest BCUT2D eigenvalue weighted by Gasteiger charge is 2.12. The van der Waals surface area contributed by atoms with Crippen LogP contribution >= 0.6 is 0 Å². The van der Waals surface area contributed by atoms with Gasteiger partial charge in [0, 0.05) is 5.69 Å². The Balaban J connectivity index is 2.22. The molecule has 7 N–H and O–H groups in total. The molecule has 0 atom stereocenters. The normalized spacial score (nSPS) is 10.9. The fourth-order valence-corrected chi connectivity index (χ4v) is 2.26. The van der Waals surface area contributed by atoms with Crippen LogP contribution in [0.15, 0.2) is 39.9 Å². The smallest absolute Gasteiger partial charge is 0.285 e. The number of hydrogen-bond donors (Lipinski definition) is 4. The van der Waals surface area contributed by atoms with Crippen LogP contribution in [0.1, 0.15) is 0 Å². The van der Waals surface area contributed by atoms with Gasteiger partial charge in [0.15, 0.2) is 0 Å². The Morgan fingerprint density at radius 1 is 1.14 bits per heavy atom. The predicted molar refractivity (Wildman–Crippen MR) is 77.0 cm³/mol. The van der Waals surface area contributed by atoms with Crippen molar-refractivity contribution in [2.45, 2.75) is 4.90 Å². The first kappa shape index (κ1) is 14.5. The third-order valence-electron chi connectivity index (χ3n) is 2.22. The Kier molecular flexibility index (Phi) is 3.84.